The Kier molecular flexibility index (Phi) is 2.91. The van der Waals surface area contributed by atoms with Crippen LogP contribution in [0.2, 0.25) is 0 Å². The predicted octanol–water partition coefficient (Wildman–Crippen LogP) is 3.60. The Labute approximate surface area is 148 Å². The topological polar surface area (TPSA) is 80.6 Å². The maximum atomic E-state index is 13.2. The average Bonchev–Trinajstić information content (AvgIpc) is 3.29. The quantitative estimate of drug-likeness (QED) is 0.372. The van der Waals surface area contributed by atoms with Gasteiger partial charge in [-0.05, 0) is 35.0 Å². The summed E-state index contributed by atoms with van der Waals surface area (Å²) in [6, 6.07) is 15.0. The van der Waals surface area contributed by atoms with Crippen LogP contribution < -0.4 is 0 Å². The average molecular weight is 343 g/mol. The molecule has 1 aliphatic rings. The third kappa shape index (κ3) is 1.84. The first kappa shape index (κ1) is 14.7. The zero-order chi connectivity index (χ0) is 17.8. The van der Waals surface area contributed by atoms with Crippen molar-refractivity contribution in [3.05, 3.63) is 77.3 Å². The summed E-state index contributed by atoms with van der Waals surface area (Å²) in [6.07, 6.45) is 1.55. The molecule has 0 saturated carbocycles. The van der Waals surface area contributed by atoms with Crippen LogP contribution in [0.1, 0.15) is 27.3 Å². The van der Waals surface area contributed by atoms with Gasteiger partial charge >= 0.3 is 0 Å². The maximum Gasteiger partial charge on any atom is 0.212 e. The van der Waals surface area contributed by atoms with Crippen molar-refractivity contribution in [2.75, 3.05) is 0 Å². The van der Waals surface area contributed by atoms with Crippen LogP contribution in [0, 0.1) is 0 Å². The second-order valence-corrected chi connectivity index (χ2v) is 6.19. The van der Waals surface area contributed by atoms with Crippen molar-refractivity contribution < 1.29 is 14.4 Å². The number of aromatic nitrogens is 2. The zero-order valence-corrected chi connectivity index (χ0v) is 13.8. The standard InChI is InChI=1S/C20H13N3O3/c1-23-18-17(21-20(23)15-7-4-8-26-15)16(22-25)13-9-11-5-2-3-6-12(11)10-14(13)19(18)24/h2-10,25H,1H3/b22-16+. The summed E-state index contributed by atoms with van der Waals surface area (Å²) in [5.41, 5.74) is 2.10. The van der Waals surface area contributed by atoms with Crippen LogP contribution in [0.25, 0.3) is 22.4 Å². The lowest BCUT2D eigenvalue weighted by atomic mass is 9.87. The van der Waals surface area contributed by atoms with Crippen LogP contribution in [-0.2, 0) is 7.05 Å². The smallest absolute Gasteiger partial charge is 0.212 e. The van der Waals surface area contributed by atoms with E-state index in [-0.39, 0.29) is 11.5 Å². The van der Waals surface area contributed by atoms with Crippen molar-refractivity contribution in [3.63, 3.8) is 0 Å². The second-order valence-electron chi connectivity index (χ2n) is 6.19. The summed E-state index contributed by atoms with van der Waals surface area (Å²) in [4.78, 5) is 17.7. The molecular weight excluding hydrogens is 330 g/mol. The Hall–Kier alpha value is -3.67. The van der Waals surface area contributed by atoms with Gasteiger partial charge in [-0.15, -0.1) is 0 Å². The van der Waals surface area contributed by atoms with Crippen molar-refractivity contribution in [3.8, 4) is 11.6 Å². The summed E-state index contributed by atoms with van der Waals surface area (Å²) in [5.74, 6) is 0.897. The fraction of sp³-hybridized carbons (Fsp3) is 0.0500. The number of hydrogen-bond donors (Lipinski definition) is 1. The lowest BCUT2D eigenvalue weighted by Gasteiger charge is -2.17. The fourth-order valence-corrected chi connectivity index (χ4v) is 3.53. The van der Waals surface area contributed by atoms with E-state index in [0.717, 1.165) is 10.8 Å². The van der Waals surface area contributed by atoms with Crippen LogP contribution in [0.15, 0.2) is 64.4 Å². The second kappa shape index (κ2) is 5.16. The van der Waals surface area contributed by atoms with Gasteiger partial charge in [-0.25, -0.2) is 4.98 Å². The van der Waals surface area contributed by atoms with Crippen molar-refractivity contribution in [2.24, 2.45) is 12.2 Å². The molecule has 0 bridgehead atoms. The number of hydrogen-bond acceptors (Lipinski definition) is 5. The minimum atomic E-state index is -0.152. The number of benzene rings is 2. The number of fused-ring (bicyclic) bond motifs is 3. The number of rotatable bonds is 1. The number of oxime groups is 1. The Morgan fingerprint density at radius 3 is 2.46 bits per heavy atom. The van der Waals surface area contributed by atoms with Crippen molar-refractivity contribution in [1.29, 1.82) is 0 Å². The van der Waals surface area contributed by atoms with E-state index in [2.05, 4.69) is 10.1 Å². The van der Waals surface area contributed by atoms with Gasteiger partial charge in [0.15, 0.2) is 11.6 Å². The summed E-state index contributed by atoms with van der Waals surface area (Å²) < 4.78 is 7.11. The van der Waals surface area contributed by atoms with Crippen molar-refractivity contribution in [1.82, 2.24) is 9.55 Å². The molecule has 2 aromatic carbocycles. The first-order valence-corrected chi connectivity index (χ1v) is 8.10. The van der Waals surface area contributed by atoms with E-state index in [1.54, 1.807) is 30.0 Å². The van der Waals surface area contributed by atoms with E-state index in [4.69, 9.17) is 4.42 Å². The molecule has 0 aliphatic heterocycles. The molecule has 4 aromatic rings. The summed E-state index contributed by atoms with van der Waals surface area (Å²) in [7, 11) is 1.75. The number of furan rings is 1. The first-order valence-electron chi connectivity index (χ1n) is 8.10. The van der Waals surface area contributed by atoms with Gasteiger partial charge in [0, 0.05) is 18.2 Å². The minimum Gasteiger partial charge on any atom is -0.461 e. The highest BCUT2D eigenvalue weighted by molar-refractivity contribution is 6.30. The van der Waals surface area contributed by atoms with E-state index in [0.29, 0.717) is 34.1 Å². The Morgan fingerprint density at radius 1 is 1.08 bits per heavy atom. The SMILES string of the molecule is Cn1c(-c2ccco2)nc2c1C(=O)c1cc3ccccc3cc1/C2=N\O. The number of ketones is 1. The van der Waals surface area contributed by atoms with E-state index in [9.17, 15) is 10.0 Å². The van der Waals surface area contributed by atoms with Crippen LogP contribution in [0.3, 0.4) is 0 Å². The van der Waals surface area contributed by atoms with Crippen LogP contribution in [-0.4, -0.2) is 26.3 Å². The van der Waals surface area contributed by atoms with Gasteiger partial charge in [0.1, 0.15) is 17.1 Å². The molecule has 1 N–H and O–H groups in total. The van der Waals surface area contributed by atoms with E-state index >= 15 is 0 Å². The molecule has 5 rings (SSSR count). The van der Waals surface area contributed by atoms with E-state index in [1.165, 1.54) is 0 Å². The highest BCUT2D eigenvalue weighted by atomic mass is 16.4. The molecule has 0 spiro atoms. The fourth-order valence-electron chi connectivity index (χ4n) is 3.53. The lowest BCUT2D eigenvalue weighted by Crippen LogP contribution is -2.23. The van der Waals surface area contributed by atoms with Gasteiger partial charge in [-0.3, -0.25) is 4.79 Å². The number of nitrogens with zero attached hydrogens (tertiary/aromatic N) is 3. The molecule has 6 nitrogen and oxygen atoms in total. The highest BCUT2D eigenvalue weighted by Gasteiger charge is 2.35. The van der Waals surface area contributed by atoms with Gasteiger partial charge in [-0.2, -0.15) is 0 Å². The predicted molar refractivity (Wildman–Crippen MR) is 95.7 cm³/mol. The molecule has 0 saturated heterocycles. The third-order valence-corrected chi connectivity index (χ3v) is 4.76. The summed E-state index contributed by atoms with van der Waals surface area (Å²) in [6.45, 7) is 0. The molecule has 2 aromatic heterocycles. The first-order chi connectivity index (χ1) is 12.7. The van der Waals surface area contributed by atoms with E-state index in [1.807, 2.05) is 36.4 Å². The van der Waals surface area contributed by atoms with Gasteiger partial charge in [0.2, 0.25) is 5.78 Å². The van der Waals surface area contributed by atoms with Gasteiger partial charge in [0.05, 0.1) is 6.26 Å². The van der Waals surface area contributed by atoms with E-state index < -0.39 is 0 Å². The molecular formula is C20H13N3O3. The zero-order valence-electron chi connectivity index (χ0n) is 13.8. The van der Waals surface area contributed by atoms with Crippen molar-refractivity contribution in [2.45, 2.75) is 0 Å². The third-order valence-electron chi connectivity index (χ3n) is 4.76. The normalized spacial score (nSPS) is 14.7. The molecule has 0 atom stereocenters. The Bertz CT molecular complexity index is 1220. The highest BCUT2D eigenvalue weighted by Crippen LogP contribution is 2.33. The van der Waals surface area contributed by atoms with Crippen molar-refractivity contribution >= 4 is 22.3 Å². The molecule has 6 heteroatoms. The molecule has 2 heterocycles. The molecule has 0 radical (unpaired) electrons. The number of carbonyl (C=O) groups is 1. The molecule has 1 aliphatic carbocycles. The lowest BCUT2D eigenvalue weighted by molar-refractivity contribution is 0.103. The van der Waals surface area contributed by atoms with Gasteiger partial charge in [-0.1, -0.05) is 29.4 Å². The van der Waals surface area contributed by atoms with Crippen LogP contribution in [0.4, 0.5) is 0 Å². The molecule has 26 heavy (non-hydrogen) atoms. The number of imidazole rings is 1. The van der Waals surface area contributed by atoms with Crippen LogP contribution in [0.5, 0.6) is 0 Å². The van der Waals surface area contributed by atoms with Gasteiger partial charge < -0.3 is 14.2 Å². The Morgan fingerprint density at radius 2 is 1.81 bits per heavy atom. The maximum absolute atomic E-state index is 13.2. The Balaban J connectivity index is 1.82. The monoisotopic (exact) mass is 343 g/mol. The number of carbonyl (C=O) groups excluding carboxylic acids is 1. The molecule has 0 amide bonds. The summed E-state index contributed by atoms with van der Waals surface area (Å²) in [5, 5.41) is 15.1. The molecule has 126 valence electrons. The largest absolute Gasteiger partial charge is 0.461 e. The van der Waals surface area contributed by atoms with Crippen LogP contribution >= 0.6 is 0 Å². The minimum absolute atomic E-state index is 0.152. The van der Waals surface area contributed by atoms with Gasteiger partial charge in [0.25, 0.3) is 0 Å². The molecule has 0 unspecified atom stereocenters. The summed E-state index contributed by atoms with van der Waals surface area (Å²) >= 11 is 0. The molecule has 0 fully saturated rings.